The maximum absolute atomic E-state index is 5.40. The maximum Gasteiger partial charge on any atom is 0.175 e. The van der Waals surface area contributed by atoms with Crippen molar-refractivity contribution in [2.24, 2.45) is 0 Å². The number of benzene rings is 3. The van der Waals surface area contributed by atoms with Gasteiger partial charge in [-0.05, 0) is 72.2 Å². The van der Waals surface area contributed by atoms with Crippen LogP contribution in [0.2, 0.25) is 0 Å². The number of anilines is 4. The zero-order valence-corrected chi connectivity index (χ0v) is 15.8. The van der Waals surface area contributed by atoms with Gasteiger partial charge < -0.3 is 16.0 Å². The number of hydrogen-bond acceptors (Lipinski definition) is 2. The van der Waals surface area contributed by atoms with E-state index in [0.29, 0.717) is 11.0 Å². The molecule has 3 rings (SSSR count). The standard InChI is InChI=1S/C22H23N3S/c1-16(2)17-8-10-20(11-9-17)24-22(26)25-21-14-12-19(13-15-21)23-18-6-4-3-5-7-18/h3-16,23H,1-2H3,(H2,24,25,26). The summed E-state index contributed by atoms with van der Waals surface area (Å²) in [5, 5.41) is 10.4. The second kappa shape index (κ2) is 8.50. The van der Waals surface area contributed by atoms with Gasteiger partial charge in [0.1, 0.15) is 0 Å². The molecular formula is C22H23N3S. The summed E-state index contributed by atoms with van der Waals surface area (Å²) < 4.78 is 0. The van der Waals surface area contributed by atoms with E-state index in [9.17, 15) is 0 Å². The SMILES string of the molecule is CC(C)c1ccc(NC(=S)Nc2ccc(Nc3ccccc3)cc2)cc1. The summed E-state index contributed by atoms with van der Waals surface area (Å²) in [4.78, 5) is 0. The smallest absolute Gasteiger partial charge is 0.175 e. The molecule has 0 aliphatic rings. The van der Waals surface area contributed by atoms with E-state index in [1.165, 1.54) is 5.56 Å². The monoisotopic (exact) mass is 361 g/mol. The molecule has 3 N–H and O–H groups in total. The molecule has 0 amide bonds. The number of rotatable bonds is 5. The molecule has 0 heterocycles. The van der Waals surface area contributed by atoms with Crippen LogP contribution in [-0.2, 0) is 0 Å². The summed E-state index contributed by atoms with van der Waals surface area (Å²) in [5.41, 5.74) is 5.34. The first kappa shape index (κ1) is 18.0. The molecule has 3 aromatic rings. The van der Waals surface area contributed by atoms with E-state index in [4.69, 9.17) is 12.2 Å². The van der Waals surface area contributed by atoms with Crippen molar-refractivity contribution in [3.05, 3.63) is 84.4 Å². The highest BCUT2D eigenvalue weighted by atomic mass is 32.1. The fraction of sp³-hybridized carbons (Fsp3) is 0.136. The summed E-state index contributed by atoms with van der Waals surface area (Å²) in [7, 11) is 0. The molecule has 26 heavy (non-hydrogen) atoms. The average Bonchev–Trinajstić information content (AvgIpc) is 2.64. The molecule has 0 aliphatic carbocycles. The third-order valence-corrected chi connectivity index (χ3v) is 4.24. The van der Waals surface area contributed by atoms with Gasteiger partial charge in [0.25, 0.3) is 0 Å². The molecule has 0 unspecified atom stereocenters. The van der Waals surface area contributed by atoms with Gasteiger partial charge >= 0.3 is 0 Å². The Hall–Kier alpha value is -2.85. The van der Waals surface area contributed by atoms with E-state index in [1.54, 1.807) is 0 Å². The van der Waals surface area contributed by atoms with Gasteiger partial charge in [0, 0.05) is 22.7 Å². The Bertz CT molecular complexity index is 841. The number of thiocarbonyl (C=S) groups is 1. The third-order valence-electron chi connectivity index (χ3n) is 4.04. The van der Waals surface area contributed by atoms with Crippen LogP contribution in [0.3, 0.4) is 0 Å². The van der Waals surface area contributed by atoms with Crippen LogP contribution in [0.4, 0.5) is 22.7 Å². The highest BCUT2D eigenvalue weighted by Gasteiger charge is 2.02. The Morgan fingerprint density at radius 3 is 1.65 bits per heavy atom. The summed E-state index contributed by atoms with van der Waals surface area (Å²) in [6.45, 7) is 4.37. The number of nitrogens with one attached hydrogen (secondary N) is 3. The fourth-order valence-corrected chi connectivity index (χ4v) is 2.81. The van der Waals surface area contributed by atoms with Gasteiger partial charge in [-0.3, -0.25) is 0 Å². The lowest BCUT2D eigenvalue weighted by Crippen LogP contribution is -2.18. The molecule has 0 spiro atoms. The molecule has 0 atom stereocenters. The first-order valence-electron chi connectivity index (χ1n) is 8.70. The molecule has 0 saturated carbocycles. The van der Waals surface area contributed by atoms with E-state index in [-0.39, 0.29) is 0 Å². The highest BCUT2D eigenvalue weighted by Crippen LogP contribution is 2.20. The van der Waals surface area contributed by atoms with Crippen LogP contribution in [-0.4, -0.2) is 5.11 Å². The molecule has 0 saturated heterocycles. The Balaban J connectivity index is 1.55. The zero-order valence-electron chi connectivity index (χ0n) is 15.0. The summed E-state index contributed by atoms with van der Waals surface area (Å²) >= 11 is 5.40. The van der Waals surface area contributed by atoms with Crippen molar-refractivity contribution in [3.63, 3.8) is 0 Å². The predicted octanol–water partition coefficient (Wildman–Crippen LogP) is 6.36. The van der Waals surface area contributed by atoms with E-state index in [2.05, 4.69) is 54.1 Å². The van der Waals surface area contributed by atoms with Gasteiger partial charge in [-0.15, -0.1) is 0 Å². The van der Waals surface area contributed by atoms with E-state index in [0.717, 1.165) is 22.7 Å². The van der Waals surface area contributed by atoms with Gasteiger partial charge in [-0.1, -0.05) is 44.2 Å². The van der Waals surface area contributed by atoms with Crippen molar-refractivity contribution < 1.29 is 0 Å². The minimum atomic E-state index is 0.525. The lowest BCUT2D eigenvalue weighted by Gasteiger charge is -2.13. The lowest BCUT2D eigenvalue weighted by atomic mass is 10.0. The van der Waals surface area contributed by atoms with E-state index in [1.807, 2.05) is 54.6 Å². The molecule has 0 aliphatic heterocycles. The molecule has 3 nitrogen and oxygen atoms in total. The lowest BCUT2D eigenvalue weighted by molar-refractivity contribution is 0.867. The van der Waals surface area contributed by atoms with Crippen LogP contribution >= 0.6 is 12.2 Å². The Morgan fingerprint density at radius 1 is 0.654 bits per heavy atom. The van der Waals surface area contributed by atoms with Crippen molar-refractivity contribution >= 4 is 40.1 Å². The molecule has 4 heteroatoms. The van der Waals surface area contributed by atoms with Gasteiger partial charge in [-0.2, -0.15) is 0 Å². The van der Waals surface area contributed by atoms with Crippen molar-refractivity contribution in [2.45, 2.75) is 19.8 Å². The topological polar surface area (TPSA) is 36.1 Å². The van der Waals surface area contributed by atoms with Crippen molar-refractivity contribution in [3.8, 4) is 0 Å². The van der Waals surface area contributed by atoms with Gasteiger partial charge in [0.05, 0.1) is 0 Å². The van der Waals surface area contributed by atoms with Crippen LogP contribution in [0.25, 0.3) is 0 Å². The predicted molar refractivity (Wildman–Crippen MR) is 117 cm³/mol. The Kier molecular flexibility index (Phi) is 5.87. The molecular weight excluding hydrogens is 338 g/mol. The first-order chi connectivity index (χ1) is 12.6. The van der Waals surface area contributed by atoms with Crippen molar-refractivity contribution in [1.82, 2.24) is 0 Å². The second-order valence-corrected chi connectivity index (χ2v) is 6.83. The number of para-hydroxylation sites is 1. The maximum atomic E-state index is 5.40. The molecule has 0 aromatic heterocycles. The van der Waals surface area contributed by atoms with Crippen LogP contribution in [0.1, 0.15) is 25.3 Å². The summed E-state index contributed by atoms with van der Waals surface area (Å²) in [5.74, 6) is 0.525. The summed E-state index contributed by atoms with van der Waals surface area (Å²) in [6.07, 6.45) is 0. The zero-order chi connectivity index (χ0) is 18.4. The van der Waals surface area contributed by atoms with Crippen LogP contribution in [0, 0.1) is 0 Å². The minimum absolute atomic E-state index is 0.525. The second-order valence-electron chi connectivity index (χ2n) is 6.42. The van der Waals surface area contributed by atoms with E-state index < -0.39 is 0 Å². The van der Waals surface area contributed by atoms with Crippen LogP contribution in [0.5, 0.6) is 0 Å². The first-order valence-corrected chi connectivity index (χ1v) is 9.11. The van der Waals surface area contributed by atoms with E-state index >= 15 is 0 Å². The molecule has 0 fully saturated rings. The molecule has 132 valence electrons. The van der Waals surface area contributed by atoms with Crippen LogP contribution in [0.15, 0.2) is 78.9 Å². The van der Waals surface area contributed by atoms with Crippen LogP contribution < -0.4 is 16.0 Å². The highest BCUT2D eigenvalue weighted by molar-refractivity contribution is 7.80. The Morgan fingerprint density at radius 2 is 1.12 bits per heavy atom. The molecule has 0 radical (unpaired) electrons. The van der Waals surface area contributed by atoms with Gasteiger partial charge in [0.2, 0.25) is 0 Å². The van der Waals surface area contributed by atoms with Gasteiger partial charge in [-0.25, -0.2) is 0 Å². The van der Waals surface area contributed by atoms with Crippen molar-refractivity contribution in [2.75, 3.05) is 16.0 Å². The Labute approximate surface area is 160 Å². The minimum Gasteiger partial charge on any atom is -0.356 e. The molecule has 3 aromatic carbocycles. The summed E-state index contributed by atoms with van der Waals surface area (Å²) in [6, 6.07) is 26.5. The third kappa shape index (κ3) is 5.07. The fourth-order valence-electron chi connectivity index (χ4n) is 2.57. The molecule has 0 bridgehead atoms. The average molecular weight is 362 g/mol. The quantitative estimate of drug-likeness (QED) is 0.462. The number of hydrogen-bond donors (Lipinski definition) is 3. The van der Waals surface area contributed by atoms with Crippen molar-refractivity contribution in [1.29, 1.82) is 0 Å². The normalized spacial score (nSPS) is 10.4. The van der Waals surface area contributed by atoms with Gasteiger partial charge in [0.15, 0.2) is 5.11 Å². The largest absolute Gasteiger partial charge is 0.356 e.